The van der Waals surface area contributed by atoms with Gasteiger partial charge < -0.3 is 9.47 Å². The van der Waals surface area contributed by atoms with Crippen LogP contribution in [0.5, 0.6) is 5.88 Å². The summed E-state index contributed by atoms with van der Waals surface area (Å²) in [7, 11) is 0. The smallest absolute Gasteiger partial charge is 0.232 e. The lowest BCUT2D eigenvalue weighted by atomic mass is 10.1. The van der Waals surface area contributed by atoms with Crippen LogP contribution in [0.25, 0.3) is 0 Å². The van der Waals surface area contributed by atoms with Crippen LogP contribution in [0, 0.1) is 11.3 Å². The van der Waals surface area contributed by atoms with Gasteiger partial charge in [-0.2, -0.15) is 5.26 Å². The summed E-state index contributed by atoms with van der Waals surface area (Å²) in [6.07, 6.45) is 3.13. The van der Waals surface area contributed by atoms with E-state index < -0.39 is 0 Å². The molecule has 2 rings (SSSR count). The molecule has 1 aromatic heterocycles. The fraction of sp³-hybridized carbons (Fsp3) is 0.538. The first-order valence-electron chi connectivity index (χ1n) is 5.98. The molecule has 1 aliphatic rings. The van der Waals surface area contributed by atoms with Crippen LogP contribution in [0.2, 0.25) is 0 Å². The first-order chi connectivity index (χ1) is 8.35. The zero-order valence-electron chi connectivity index (χ0n) is 10.0. The number of ether oxygens (including phenoxy) is 2. The monoisotopic (exact) mass is 232 g/mol. The Kier molecular flexibility index (Phi) is 3.94. The minimum absolute atomic E-state index is 0.439. The van der Waals surface area contributed by atoms with E-state index >= 15 is 0 Å². The molecule has 17 heavy (non-hydrogen) atoms. The number of rotatable bonds is 5. The maximum absolute atomic E-state index is 9.05. The third kappa shape index (κ3) is 2.75. The molecule has 0 spiro atoms. The minimum Gasteiger partial charge on any atom is -0.474 e. The molecule has 4 nitrogen and oxygen atoms in total. The van der Waals surface area contributed by atoms with Crippen molar-refractivity contribution >= 4 is 0 Å². The number of nitrogens with zero attached hydrogens (tertiary/aromatic N) is 2. The van der Waals surface area contributed by atoms with Gasteiger partial charge in [0, 0.05) is 12.3 Å². The first kappa shape index (κ1) is 11.9. The Bertz CT molecular complexity index is 438. The summed E-state index contributed by atoms with van der Waals surface area (Å²) in [4.78, 5) is 4.42. The van der Waals surface area contributed by atoms with Crippen LogP contribution in [0.15, 0.2) is 6.07 Å². The number of fused-ring (bicyclic) bond motifs is 1. The van der Waals surface area contributed by atoms with Crippen molar-refractivity contribution in [2.45, 2.75) is 26.2 Å². The van der Waals surface area contributed by atoms with E-state index in [0.717, 1.165) is 25.0 Å². The molecule has 0 aliphatic heterocycles. The Balaban J connectivity index is 2.08. The molecular formula is C13H16N2O2. The Labute approximate surface area is 101 Å². The Morgan fingerprint density at radius 1 is 1.41 bits per heavy atom. The largest absolute Gasteiger partial charge is 0.474 e. The van der Waals surface area contributed by atoms with Crippen molar-refractivity contribution in [1.82, 2.24) is 4.98 Å². The van der Waals surface area contributed by atoms with Crippen molar-refractivity contribution < 1.29 is 9.47 Å². The predicted octanol–water partition coefficient (Wildman–Crippen LogP) is 1.86. The fourth-order valence-electron chi connectivity index (χ4n) is 1.98. The van der Waals surface area contributed by atoms with Gasteiger partial charge in [0.1, 0.15) is 18.2 Å². The maximum atomic E-state index is 9.05. The van der Waals surface area contributed by atoms with Gasteiger partial charge in [-0.3, -0.25) is 0 Å². The van der Waals surface area contributed by atoms with Crippen LogP contribution < -0.4 is 4.74 Å². The third-order valence-electron chi connectivity index (χ3n) is 2.81. The highest BCUT2D eigenvalue weighted by Gasteiger charge is 2.17. The first-order valence-corrected chi connectivity index (χ1v) is 5.98. The van der Waals surface area contributed by atoms with Crippen molar-refractivity contribution in [3.8, 4) is 11.9 Å². The van der Waals surface area contributed by atoms with Crippen LogP contribution >= 0.6 is 0 Å². The van der Waals surface area contributed by atoms with Gasteiger partial charge in [-0.05, 0) is 37.8 Å². The van der Waals surface area contributed by atoms with Gasteiger partial charge in [0.15, 0.2) is 0 Å². The molecule has 0 atom stereocenters. The Hall–Kier alpha value is -1.60. The lowest BCUT2D eigenvalue weighted by Gasteiger charge is -2.08. The highest BCUT2D eigenvalue weighted by atomic mass is 16.5. The summed E-state index contributed by atoms with van der Waals surface area (Å²) in [6.45, 7) is 3.58. The van der Waals surface area contributed by atoms with Crippen LogP contribution in [0.1, 0.15) is 30.2 Å². The second kappa shape index (κ2) is 5.65. The van der Waals surface area contributed by atoms with Crippen molar-refractivity contribution in [3.63, 3.8) is 0 Å². The van der Waals surface area contributed by atoms with E-state index in [1.165, 1.54) is 5.56 Å². The van der Waals surface area contributed by atoms with E-state index in [1.54, 1.807) is 0 Å². The van der Waals surface area contributed by atoms with Crippen LogP contribution in [-0.2, 0) is 17.6 Å². The van der Waals surface area contributed by atoms with E-state index in [-0.39, 0.29) is 0 Å². The molecule has 1 heterocycles. The number of hydrogen-bond acceptors (Lipinski definition) is 4. The molecule has 0 aromatic carbocycles. The average molecular weight is 232 g/mol. The van der Waals surface area contributed by atoms with Crippen molar-refractivity contribution in [3.05, 3.63) is 22.9 Å². The molecule has 0 bridgehead atoms. The van der Waals surface area contributed by atoms with Crippen LogP contribution in [0.4, 0.5) is 0 Å². The molecule has 0 saturated carbocycles. The minimum atomic E-state index is 0.439. The van der Waals surface area contributed by atoms with Crippen molar-refractivity contribution in [2.75, 3.05) is 19.8 Å². The second-order valence-corrected chi connectivity index (χ2v) is 3.96. The van der Waals surface area contributed by atoms with Gasteiger partial charge >= 0.3 is 0 Å². The third-order valence-corrected chi connectivity index (χ3v) is 2.81. The Morgan fingerprint density at radius 2 is 2.29 bits per heavy atom. The number of pyridine rings is 1. The molecule has 1 aliphatic carbocycles. The van der Waals surface area contributed by atoms with Gasteiger partial charge in [0.2, 0.25) is 5.88 Å². The molecule has 0 saturated heterocycles. The van der Waals surface area contributed by atoms with Crippen molar-refractivity contribution in [1.29, 1.82) is 5.26 Å². The van der Waals surface area contributed by atoms with E-state index in [4.69, 9.17) is 14.7 Å². The summed E-state index contributed by atoms with van der Waals surface area (Å²) in [5, 5.41) is 9.05. The van der Waals surface area contributed by atoms with Gasteiger partial charge in [-0.1, -0.05) is 0 Å². The summed E-state index contributed by atoms with van der Waals surface area (Å²) >= 11 is 0. The number of nitriles is 1. The quantitative estimate of drug-likeness (QED) is 0.727. The normalized spacial score (nSPS) is 13.2. The molecule has 0 unspecified atom stereocenters. The molecule has 0 N–H and O–H groups in total. The molecular weight excluding hydrogens is 216 g/mol. The van der Waals surface area contributed by atoms with E-state index in [0.29, 0.717) is 31.3 Å². The molecule has 90 valence electrons. The number of hydrogen-bond donors (Lipinski definition) is 0. The second-order valence-electron chi connectivity index (χ2n) is 3.96. The zero-order valence-corrected chi connectivity index (χ0v) is 10.0. The molecule has 0 amide bonds. The Morgan fingerprint density at radius 3 is 3.06 bits per heavy atom. The number of aromatic nitrogens is 1. The van der Waals surface area contributed by atoms with Crippen molar-refractivity contribution in [2.24, 2.45) is 0 Å². The van der Waals surface area contributed by atoms with Gasteiger partial charge in [0.25, 0.3) is 0 Å². The van der Waals surface area contributed by atoms with Gasteiger partial charge in [-0.25, -0.2) is 4.98 Å². The van der Waals surface area contributed by atoms with Crippen LogP contribution in [-0.4, -0.2) is 24.8 Å². The standard InChI is InChI=1S/C13H16N2O2/c1-2-16-6-7-17-13-11(9-14)8-10-4-3-5-12(10)15-13/h8H,2-7H2,1H3. The lowest BCUT2D eigenvalue weighted by Crippen LogP contribution is -2.09. The summed E-state index contributed by atoms with van der Waals surface area (Å²) in [5.41, 5.74) is 2.80. The topological polar surface area (TPSA) is 55.1 Å². The molecule has 4 heteroatoms. The van der Waals surface area contributed by atoms with E-state index in [9.17, 15) is 0 Å². The van der Waals surface area contributed by atoms with Gasteiger partial charge in [0.05, 0.1) is 6.61 Å². The van der Waals surface area contributed by atoms with E-state index in [1.807, 2.05) is 13.0 Å². The lowest BCUT2D eigenvalue weighted by molar-refractivity contribution is 0.108. The average Bonchev–Trinajstić information content (AvgIpc) is 2.80. The fourth-order valence-corrected chi connectivity index (χ4v) is 1.98. The SMILES string of the molecule is CCOCCOc1nc2c(cc1C#N)CCC2. The van der Waals surface area contributed by atoms with Crippen LogP contribution in [0.3, 0.4) is 0 Å². The molecule has 0 radical (unpaired) electrons. The molecule has 1 aromatic rings. The van der Waals surface area contributed by atoms with Gasteiger partial charge in [-0.15, -0.1) is 0 Å². The van der Waals surface area contributed by atoms with E-state index in [2.05, 4.69) is 11.1 Å². The number of aryl methyl sites for hydroxylation is 2. The highest BCUT2D eigenvalue weighted by molar-refractivity contribution is 5.44. The zero-order chi connectivity index (χ0) is 12.1. The molecule has 0 fully saturated rings. The highest BCUT2D eigenvalue weighted by Crippen LogP contribution is 2.25. The predicted molar refractivity (Wildman–Crippen MR) is 63.0 cm³/mol. The summed E-state index contributed by atoms with van der Waals surface area (Å²) < 4.78 is 10.7. The maximum Gasteiger partial charge on any atom is 0.232 e. The summed E-state index contributed by atoms with van der Waals surface area (Å²) in [5.74, 6) is 0.452. The summed E-state index contributed by atoms with van der Waals surface area (Å²) in [6, 6.07) is 4.05.